The lowest BCUT2D eigenvalue weighted by Gasteiger charge is -2.28. The zero-order chi connectivity index (χ0) is 16.8. The molecular formula is C18H34NO2P. The Bertz CT molecular complexity index is 340. The highest BCUT2D eigenvalue weighted by Gasteiger charge is 2.37. The van der Waals surface area contributed by atoms with Crippen molar-refractivity contribution < 1.29 is 9.53 Å². The van der Waals surface area contributed by atoms with Crippen molar-refractivity contribution in [3.05, 3.63) is 11.0 Å². The van der Waals surface area contributed by atoms with E-state index in [0.717, 1.165) is 0 Å². The van der Waals surface area contributed by atoms with Gasteiger partial charge in [0.1, 0.15) is 0 Å². The molecule has 0 saturated carbocycles. The molecule has 0 aromatic heterocycles. The van der Waals surface area contributed by atoms with Crippen molar-refractivity contribution >= 4 is 19.1 Å². The van der Waals surface area contributed by atoms with Crippen molar-refractivity contribution in [1.82, 2.24) is 0 Å². The van der Waals surface area contributed by atoms with Gasteiger partial charge in [-0.2, -0.15) is 0 Å². The number of rotatable bonds is 13. The second-order valence-electron chi connectivity index (χ2n) is 6.04. The van der Waals surface area contributed by atoms with E-state index in [1.165, 1.54) is 57.0 Å². The van der Waals surface area contributed by atoms with Gasteiger partial charge in [0.15, 0.2) is 0 Å². The van der Waals surface area contributed by atoms with Crippen molar-refractivity contribution in [2.45, 2.75) is 66.2 Å². The summed E-state index contributed by atoms with van der Waals surface area (Å²) in [6.07, 6.45) is 11.5. The fraction of sp³-hybridized carbons (Fsp3) is 0.833. The summed E-state index contributed by atoms with van der Waals surface area (Å²) < 4.78 is 5.07. The molecule has 0 spiro atoms. The van der Waals surface area contributed by atoms with Gasteiger partial charge in [0.05, 0.1) is 36.8 Å². The summed E-state index contributed by atoms with van der Waals surface area (Å²) in [6.45, 7) is 8.78. The minimum atomic E-state index is -1.26. The van der Waals surface area contributed by atoms with Crippen molar-refractivity contribution in [3.63, 3.8) is 0 Å². The van der Waals surface area contributed by atoms with Gasteiger partial charge in [-0.05, 0) is 26.2 Å². The standard InChI is InChI=1S/C18H34NO2P/c1-5-9-12-22(13-10-6-2,14-11-7-3)16-17(15-19)18(20)21-8-4/h5-14,16H2,1-4H3. The third kappa shape index (κ3) is 8.11. The lowest BCUT2D eigenvalue weighted by atomic mass is 10.3. The second kappa shape index (κ2) is 12.9. The first-order valence-corrected chi connectivity index (χ1v) is 11.4. The quantitative estimate of drug-likeness (QED) is 0.204. The van der Waals surface area contributed by atoms with Crippen LogP contribution in [0.4, 0.5) is 0 Å². The van der Waals surface area contributed by atoms with Gasteiger partial charge in [0.2, 0.25) is 0 Å². The van der Waals surface area contributed by atoms with E-state index in [0.29, 0.717) is 18.3 Å². The molecule has 4 heteroatoms. The Balaban J connectivity index is 5.20. The van der Waals surface area contributed by atoms with Crippen LogP contribution in [0.25, 0.3) is 5.41 Å². The zero-order valence-corrected chi connectivity index (χ0v) is 15.9. The molecule has 0 fully saturated rings. The molecule has 0 atom stereocenters. The number of esters is 1. The van der Waals surface area contributed by atoms with Crippen LogP contribution in [0, 0.1) is 0 Å². The minimum Gasteiger partial charge on any atom is -0.763 e. The monoisotopic (exact) mass is 327 g/mol. The first-order valence-electron chi connectivity index (χ1n) is 8.87. The van der Waals surface area contributed by atoms with E-state index in [1.54, 1.807) is 6.92 Å². The first-order chi connectivity index (χ1) is 10.6. The number of ether oxygens (including phenoxy) is 1. The van der Waals surface area contributed by atoms with Crippen molar-refractivity contribution in [2.75, 3.05) is 31.3 Å². The molecular weight excluding hydrogens is 293 g/mol. The molecule has 0 unspecified atom stereocenters. The van der Waals surface area contributed by atoms with Crippen LogP contribution in [-0.2, 0) is 9.53 Å². The van der Waals surface area contributed by atoms with Crippen LogP contribution in [0.5, 0.6) is 0 Å². The zero-order valence-electron chi connectivity index (χ0n) is 15.0. The Morgan fingerprint density at radius 2 is 1.41 bits per heavy atom. The average molecular weight is 327 g/mol. The summed E-state index contributed by atoms with van der Waals surface area (Å²) in [7, 11) is -1.26. The fourth-order valence-electron chi connectivity index (χ4n) is 2.75. The maximum atomic E-state index is 12.0. The molecule has 0 amide bonds. The van der Waals surface area contributed by atoms with Gasteiger partial charge in [0.25, 0.3) is 0 Å². The molecule has 0 saturated heterocycles. The second-order valence-corrected chi connectivity index (χ2v) is 10.4. The highest BCUT2D eigenvalue weighted by atomic mass is 31.2. The predicted molar refractivity (Wildman–Crippen MR) is 99.6 cm³/mol. The van der Waals surface area contributed by atoms with Gasteiger partial charge in [0, 0.05) is 7.26 Å². The van der Waals surface area contributed by atoms with Crippen LogP contribution in [0.1, 0.15) is 66.2 Å². The summed E-state index contributed by atoms with van der Waals surface area (Å²) >= 11 is 0. The molecule has 128 valence electrons. The van der Waals surface area contributed by atoms with Gasteiger partial charge < -0.3 is 10.1 Å². The number of carbonyl (C=O) groups is 1. The van der Waals surface area contributed by atoms with E-state index in [9.17, 15) is 10.2 Å². The normalized spacial score (nSPS) is 11.1. The Hall–Kier alpha value is -0.650. The van der Waals surface area contributed by atoms with Crippen molar-refractivity contribution in [2.24, 2.45) is 0 Å². The van der Waals surface area contributed by atoms with Crippen LogP contribution < -0.4 is 0 Å². The molecule has 0 aromatic carbocycles. The smallest absolute Gasteiger partial charge is 0.343 e. The number of hydrogen-bond donors (Lipinski definition) is 0. The van der Waals surface area contributed by atoms with Gasteiger partial charge in [-0.3, -0.25) is 5.87 Å². The van der Waals surface area contributed by atoms with Gasteiger partial charge in [-0.15, -0.1) is 0 Å². The van der Waals surface area contributed by atoms with E-state index < -0.39 is 7.26 Å². The Kier molecular flexibility index (Phi) is 12.5. The van der Waals surface area contributed by atoms with E-state index >= 15 is 0 Å². The lowest BCUT2D eigenvalue weighted by Crippen LogP contribution is -2.19. The lowest BCUT2D eigenvalue weighted by molar-refractivity contribution is -0.138. The van der Waals surface area contributed by atoms with Crippen LogP contribution >= 0.6 is 7.26 Å². The molecule has 0 radical (unpaired) electrons. The van der Waals surface area contributed by atoms with Crippen LogP contribution in [0.3, 0.4) is 0 Å². The van der Waals surface area contributed by atoms with E-state index in [1.807, 2.05) is 0 Å². The predicted octanol–water partition coefficient (Wildman–Crippen LogP) is 5.13. The maximum absolute atomic E-state index is 12.0. The van der Waals surface area contributed by atoms with Gasteiger partial charge in [-0.25, -0.2) is 4.79 Å². The summed E-state index contributed by atoms with van der Waals surface area (Å²) in [5, 5.41) is 9.39. The summed E-state index contributed by atoms with van der Waals surface area (Å²) in [5.74, 6) is 1.75. The molecule has 0 heterocycles. The third-order valence-electron chi connectivity index (χ3n) is 4.11. The Labute approximate surface area is 137 Å². The molecule has 0 bridgehead atoms. The van der Waals surface area contributed by atoms with E-state index in [2.05, 4.69) is 26.6 Å². The highest BCUT2D eigenvalue weighted by Crippen LogP contribution is 2.61. The molecule has 22 heavy (non-hydrogen) atoms. The average Bonchev–Trinajstić information content (AvgIpc) is 2.53. The molecule has 0 aliphatic rings. The largest absolute Gasteiger partial charge is 0.763 e. The highest BCUT2D eigenvalue weighted by molar-refractivity contribution is 7.76. The summed E-state index contributed by atoms with van der Waals surface area (Å²) in [4.78, 5) is 12.0. The van der Waals surface area contributed by atoms with Crippen molar-refractivity contribution in [1.29, 1.82) is 0 Å². The fourth-order valence-corrected chi connectivity index (χ4v) is 7.73. The van der Waals surface area contributed by atoms with Crippen molar-refractivity contribution in [3.8, 4) is 0 Å². The molecule has 0 aliphatic heterocycles. The summed E-state index contributed by atoms with van der Waals surface area (Å²) in [6, 6.07) is 0. The van der Waals surface area contributed by atoms with Crippen LogP contribution in [0.15, 0.2) is 5.57 Å². The van der Waals surface area contributed by atoms with Gasteiger partial charge in [-0.1, -0.05) is 40.0 Å². The number of unbranched alkanes of at least 4 members (excludes halogenated alkanes) is 3. The molecule has 0 rings (SSSR count). The molecule has 0 aliphatic carbocycles. The molecule has 0 aromatic rings. The topological polar surface area (TPSA) is 48.6 Å². The van der Waals surface area contributed by atoms with E-state index in [-0.39, 0.29) is 5.97 Å². The Morgan fingerprint density at radius 3 is 1.73 bits per heavy atom. The van der Waals surface area contributed by atoms with Crippen LogP contribution in [0.2, 0.25) is 0 Å². The van der Waals surface area contributed by atoms with Gasteiger partial charge >= 0.3 is 5.97 Å². The summed E-state index contributed by atoms with van der Waals surface area (Å²) in [5.41, 5.74) is 0.360. The first kappa shape index (κ1) is 21.4. The van der Waals surface area contributed by atoms with Crippen LogP contribution in [-0.4, -0.2) is 43.1 Å². The molecule has 0 N–H and O–H groups in total. The molecule has 3 nitrogen and oxygen atoms in total. The Morgan fingerprint density at radius 1 is 0.955 bits per heavy atom. The number of nitrogens with zero attached hydrogens (tertiary/aromatic N) is 1. The minimum absolute atomic E-state index is 0.342. The number of carbonyl (C=O) groups excluding carboxylic acids is 1. The van der Waals surface area contributed by atoms with E-state index in [4.69, 9.17) is 4.74 Å². The maximum Gasteiger partial charge on any atom is 0.343 e. The SMILES string of the molecule is CCCC[P+](CCCC)(CCCC)CC(=C=[N-])C(=O)OCC. The number of hydrogen-bond acceptors (Lipinski definition) is 2. The third-order valence-corrected chi connectivity index (χ3v) is 8.89.